The first-order valence-electron chi connectivity index (χ1n) is 7.18. The third kappa shape index (κ3) is 6.77. The van der Waals surface area contributed by atoms with Gasteiger partial charge in [-0.25, -0.2) is 0 Å². The molecule has 1 aromatic carbocycles. The first-order valence-corrected chi connectivity index (χ1v) is 7.18. The van der Waals surface area contributed by atoms with Crippen molar-refractivity contribution >= 4 is 0 Å². The Morgan fingerprint density at radius 3 is 2.39 bits per heavy atom. The highest BCUT2D eigenvalue weighted by Crippen LogP contribution is 2.06. The van der Waals surface area contributed by atoms with Crippen molar-refractivity contribution in [2.45, 2.75) is 33.1 Å². The summed E-state index contributed by atoms with van der Waals surface area (Å²) in [5.41, 5.74) is 7.11. The van der Waals surface area contributed by atoms with E-state index in [1.54, 1.807) is 0 Å². The lowest BCUT2D eigenvalue weighted by atomic mass is 10.1. The van der Waals surface area contributed by atoms with E-state index in [4.69, 9.17) is 5.73 Å². The van der Waals surface area contributed by atoms with Gasteiger partial charge in [0.25, 0.3) is 0 Å². The van der Waals surface area contributed by atoms with Crippen LogP contribution in [0.4, 0.5) is 0 Å². The lowest BCUT2D eigenvalue weighted by molar-refractivity contribution is 0.246. The molecule has 1 aromatic rings. The maximum absolute atomic E-state index is 5.66. The zero-order valence-corrected chi connectivity index (χ0v) is 11.9. The standard InChI is InChI=1S/C16H28N2/c1-15(2)14-18(13-11-17)12-7-6-10-16-8-4-3-5-9-16/h3-5,8-9,15H,6-7,10-14,17H2,1-2H3. The predicted octanol–water partition coefficient (Wildman–Crippen LogP) is 2.93. The second-order valence-electron chi connectivity index (χ2n) is 5.43. The lowest BCUT2D eigenvalue weighted by Gasteiger charge is -2.23. The van der Waals surface area contributed by atoms with Crippen molar-refractivity contribution in [2.75, 3.05) is 26.2 Å². The summed E-state index contributed by atoms with van der Waals surface area (Å²) >= 11 is 0. The molecule has 0 saturated carbocycles. The van der Waals surface area contributed by atoms with E-state index in [1.165, 1.54) is 37.9 Å². The van der Waals surface area contributed by atoms with E-state index in [2.05, 4.69) is 49.1 Å². The number of nitrogens with zero attached hydrogens (tertiary/aromatic N) is 1. The molecule has 0 aliphatic carbocycles. The van der Waals surface area contributed by atoms with Gasteiger partial charge in [0.05, 0.1) is 0 Å². The highest BCUT2D eigenvalue weighted by molar-refractivity contribution is 5.14. The maximum Gasteiger partial charge on any atom is 0.0105 e. The van der Waals surface area contributed by atoms with E-state index in [-0.39, 0.29) is 0 Å². The number of unbranched alkanes of at least 4 members (excludes halogenated alkanes) is 1. The highest BCUT2D eigenvalue weighted by Gasteiger charge is 2.05. The molecule has 2 heteroatoms. The Hall–Kier alpha value is -0.860. The minimum Gasteiger partial charge on any atom is -0.329 e. The lowest BCUT2D eigenvalue weighted by Crippen LogP contribution is -2.33. The predicted molar refractivity (Wildman–Crippen MR) is 79.7 cm³/mol. The van der Waals surface area contributed by atoms with Crippen LogP contribution < -0.4 is 5.73 Å². The van der Waals surface area contributed by atoms with Crippen LogP contribution in [0.3, 0.4) is 0 Å². The van der Waals surface area contributed by atoms with Gasteiger partial charge in [0, 0.05) is 19.6 Å². The molecule has 0 unspecified atom stereocenters. The largest absolute Gasteiger partial charge is 0.329 e. The molecule has 0 amide bonds. The molecular weight excluding hydrogens is 220 g/mol. The van der Waals surface area contributed by atoms with Gasteiger partial charge in [0.15, 0.2) is 0 Å². The monoisotopic (exact) mass is 248 g/mol. The summed E-state index contributed by atoms with van der Waals surface area (Å²) in [7, 11) is 0. The Balaban J connectivity index is 2.18. The summed E-state index contributed by atoms with van der Waals surface area (Å²) in [6, 6.07) is 10.7. The van der Waals surface area contributed by atoms with Gasteiger partial charge >= 0.3 is 0 Å². The van der Waals surface area contributed by atoms with Crippen molar-refractivity contribution in [1.82, 2.24) is 4.90 Å². The summed E-state index contributed by atoms with van der Waals surface area (Å²) in [5, 5.41) is 0. The van der Waals surface area contributed by atoms with Gasteiger partial charge in [-0.05, 0) is 37.3 Å². The molecule has 0 heterocycles. The average Bonchev–Trinajstić information content (AvgIpc) is 2.35. The zero-order chi connectivity index (χ0) is 13.2. The van der Waals surface area contributed by atoms with Gasteiger partial charge in [-0.1, -0.05) is 44.2 Å². The molecule has 1 rings (SSSR count). The van der Waals surface area contributed by atoms with Gasteiger partial charge in [0.2, 0.25) is 0 Å². The van der Waals surface area contributed by atoms with E-state index in [9.17, 15) is 0 Å². The fourth-order valence-corrected chi connectivity index (χ4v) is 2.30. The van der Waals surface area contributed by atoms with Crippen LogP contribution in [0.1, 0.15) is 32.3 Å². The molecule has 0 spiro atoms. The van der Waals surface area contributed by atoms with Crippen LogP contribution in [0.25, 0.3) is 0 Å². The second kappa shape index (κ2) is 9.12. The van der Waals surface area contributed by atoms with E-state index < -0.39 is 0 Å². The number of nitrogens with two attached hydrogens (primary N) is 1. The molecule has 2 nitrogen and oxygen atoms in total. The normalized spacial score (nSPS) is 11.4. The van der Waals surface area contributed by atoms with Gasteiger partial charge in [-0.2, -0.15) is 0 Å². The molecule has 0 atom stereocenters. The average molecular weight is 248 g/mol. The number of aryl methyl sites for hydroxylation is 1. The van der Waals surface area contributed by atoms with Gasteiger partial charge in [-0.3, -0.25) is 0 Å². The van der Waals surface area contributed by atoms with Gasteiger partial charge < -0.3 is 10.6 Å². The Labute approximate surface area is 112 Å². The SMILES string of the molecule is CC(C)CN(CCN)CCCCc1ccccc1. The molecule has 102 valence electrons. The van der Waals surface area contributed by atoms with E-state index in [0.29, 0.717) is 0 Å². The molecule has 2 N–H and O–H groups in total. The highest BCUT2D eigenvalue weighted by atomic mass is 15.1. The molecule has 0 aliphatic rings. The van der Waals surface area contributed by atoms with Crippen LogP contribution >= 0.6 is 0 Å². The van der Waals surface area contributed by atoms with Crippen LogP contribution in [0.2, 0.25) is 0 Å². The number of rotatable bonds is 9. The Morgan fingerprint density at radius 1 is 1.06 bits per heavy atom. The molecule has 0 aromatic heterocycles. The summed E-state index contributed by atoms with van der Waals surface area (Å²) in [5.74, 6) is 0.727. The first-order chi connectivity index (χ1) is 8.72. The fourth-order valence-electron chi connectivity index (χ4n) is 2.30. The van der Waals surface area contributed by atoms with Gasteiger partial charge in [-0.15, -0.1) is 0 Å². The summed E-state index contributed by atoms with van der Waals surface area (Å²) in [4.78, 5) is 2.50. The molecule has 18 heavy (non-hydrogen) atoms. The van der Waals surface area contributed by atoms with Crippen molar-refractivity contribution in [1.29, 1.82) is 0 Å². The van der Waals surface area contributed by atoms with Crippen molar-refractivity contribution in [2.24, 2.45) is 11.7 Å². The Bertz CT molecular complexity index is 295. The Morgan fingerprint density at radius 2 is 1.78 bits per heavy atom. The number of hydrogen-bond acceptors (Lipinski definition) is 2. The molecular formula is C16H28N2. The summed E-state index contributed by atoms with van der Waals surface area (Å²) in [6.45, 7) is 8.70. The maximum atomic E-state index is 5.66. The molecule has 0 bridgehead atoms. The van der Waals surface area contributed by atoms with Crippen LogP contribution in [-0.4, -0.2) is 31.1 Å². The van der Waals surface area contributed by atoms with Gasteiger partial charge in [0.1, 0.15) is 0 Å². The van der Waals surface area contributed by atoms with Crippen molar-refractivity contribution < 1.29 is 0 Å². The van der Waals surface area contributed by atoms with E-state index in [0.717, 1.165) is 19.0 Å². The van der Waals surface area contributed by atoms with E-state index >= 15 is 0 Å². The van der Waals surface area contributed by atoms with Crippen LogP contribution in [0, 0.1) is 5.92 Å². The number of benzene rings is 1. The fraction of sp³-hybridized carbons (Fsp3) is 0.625. The molecule has 0 aliphatic heterocycles. The summed E-state index contributed by atoms with van der Waals surface area (Å²) in [6.07, 6.45) is 3.73. The topological polar surface area (TPSA) is 29.3 Å². The smallest absolute Gasteiger partial charge is 0.0105 e. The van der Waals surface area contributed by atoms with Crippen LogP contribution in [0.5, 0.6) is 0 Å². The van der Waals surface area contributed by atoms with Crippen LogP contribution in [0.15, 0.2) is 30.3 Å². The minimum atomic E-state index is 0.727. The van der Waals surface area contributed by atoms with Crippen molar-refractivity contribution in [3.8, 4) is 0 Å². The quantitative estimate of drug-likeness (QED) is 0.681. The van der Waals surface area contributed by atoms with E-state index in [1.807, 2.05) is 0 Å². The minimum absolute atomic E-state index is 0.727. The zero-order valence-electron chi connectivity index (χ0n) is 11.9. The van der Waals surface area contributed by atoms with Crippen molar-refractivity contribution in [3.63, 3.8) is 0 Å². The third-order valence-corrected chi connectivity index (χ3v) is 3.10. The second-order valence-corrected chi connectivity index (χ2v) is 5.43. The molecule has 0 fully saturated rings. The molecule has 0 saturated heterocycles. The van der Waals surface area contributed by atoms with Crippen LogP contribution in [-0.2, 0) is 6.42 Å². The molecule has 0 radical (unpaired) electrons. The first kappa shape index (κ1) is 15.2. The Kier molecular flexibility index (Phi) is 7.70. The van der Waals surface area contributed by atoms with Crippen molar-refractivity contribution in [3.05, 3.63) is 35.9 Å². The number of hydrogen-bond donors (Lipinski definition) is 1. The summed E-state index contributed by atoms with van der Waals surface area (Å²) < 4.78 is 0. The third-order valence-electron chi connectivity index (χ3n) is 3.10.